The van der Waals surface area contributed by atoms with Crippen molar-refractivity contribution in [2.75, 3.05) is 6.61 Å². The average molecular weight is 293 g/mol. The second-order valence-electron chi connectivity index (χ2n) is 4.60. The summed E-state index contributed by atoms with van der Waals surface area (Å²) in [7, 11) is 0. The topological polar surface area (TPSA) is 74.5 Å². The van der Waals surface area contributed by atoms with E-state index in [-0.39, 0.29) is 6.61 Å². The molecule has 0 radical (unpaired) electrons. The zero-order valence-electron chi connectivity index (χ0n) is 12.1. The van der Waals surface area contributed by atoms with Crippen LogP contribution in [0.3, 0.4) is 0 Å². The third-order valence-corrected chi connectivity index (χ3v) is 2.81. The fraction of sp³-hybridized carbons (Fsp3) is 0.118. The van der Waals surface area contributed by atoms with Crippen molar-refractivity contribution in [1.82, 2.24) is 5.43 Å². The van der Waals surface area contributed by atoms with E-state index in [1.165, 1.54) is 0 Å². The van der Waals surface area contributed by atoms with Gasteiger partial charge in [-0.1, -0.05) is 42.0 Å². The van der Waals surface area contributed by atoms with Gasteiger partial charge < -0.3 is 4.74 Å². The van der Waals surface area contributed by atoms with E-state index in [0.29, 0.717) is 11.3 Å². The molecular weight excluding hydrogens is 278 g/mol. The lowest BCUT2D eigenvalue weighted by Gasteiger charge is -2.06. The number of hydrogen-bond donors (Lipinski definition) is 1. The molecule has 1 amide bonds. The molecular formula is C17H15N3O2. The Morgan fingerprint density at radius 1 is 1.32 bits per heavy atom. The SMILES string of the molecule is Cc1cccc(/C=N/NC(=O)COc2ccccc2C#N)c1. The van der Waals surface area contributed by atoms with Crippen LogP contribution in [0.2, 0.25) is 0 Å². The Kier molecular flexibility index (Phi) is 5.27. The van der Waals surface area contributed by atoms with Crippen molar-refractivity contribution < 1.29 is 9.53 Å². The minimum atomic E-state index is -0.392. The molecule has 0 heterocycles. The molecule has 0 fully saturated rings. The molecule has 0 saturated heterocycles. The minimum Gasteiger partial charge on any atom is -0.482 e. The smallest absolute Gasteiger partial charge is 0.277 e. The number of hydrogen-bond acceptors (Lipinski definition) is 4. The summed E-state index contributed by atoms with van der Waals surface area (Å²) in [5.74, 6) is -0.0144. The average Bonchev–Trinajstić information content (AvgIpc) is 2.53. The van der Waals surface area contributed by atoms with Crippen LogP contribution in [0.1, 0.15) is 16.7 Å². The molecule has 2 aromatic rings. The Morgan fingerprint density at radius 3 is 2.91 bits per heavy atom. The highest BCUT2D eigenvalue weighted by molar-refractivity contribution is 5.83. The van der Waals surface area contributed by atoms with Crippen LogP contribution in [0.5, 0.6) is 5.75 Å². The monoisotopic (exact) mass is 293 g/mol. The van der Waals surface area contributed by atoms with Gasteiger partial charge in [0.1, 0.15) is 11.8 Å². The Labute approximate surface area is 128 Å². The van der Waals surface area contributed by atoms with E-state index in [1.54, 1.807) is 30.5 Å². The first kappa shape index (κ1) is 15.3. The van der Waals surface area contributed by atoms with Crippen molar-refractivity contribution >= 4 is 12.1 Å². The normalized spacial score (nSPS) is 10.2. The van der Waals surface area contributed by atoms with Gasteiger partial charge in [0.25, 0.3) is 5.91 Å². The molecule has 0 aliphatic carbocycles. The fourth-order valence-electron chi connectivity index (χ4n) is 1.79. The van der Waals surface area contributed by atoms with Crippen molar-refractivity contribution in [1.29, 1.82) is 5.26 Å². The third-order valence-electron chi connectivity index (χ3n) is 2.81. The molecule has 110 valence electrons. The summed E-state index contributed by atoms with van der Waals surface area (Å²) in [5.41, 5.74) is 4.78. The largest absolute Gasteiger partial charge is 0.482 e. The van der Waals surface area contributed by atoms with Crippen molar-refractivity contribution in [2.24, 2.45) is 5.10 Å². The second kappa shape index (κ2) is 7.60. The number of nitriles is 1. The molecule has 0 bridgehead atoms. The number of para-hydroxylation sites is 1. The molecule has 2 rings (SSSR count). The van der Waals surface area contributed by atoms with Crippen LogP contribution in [0.15, 0.2) is 53.6 Å². The molecule has 5 heteroatoms. The summed E-state index contributed by atoms with van der Waals surface area (Å²) >= 11 is 0. The Bertz CT molecular complexity index is 733. The first-order valence-electron chi connectivity index (χ1n) is 6.69. The lowest BCUT2D eigenvalue weighted by Crippen LogP contribution is -2.24. The van der Waals surface area contributed by atoms with Crippen LogP contribution in [0, 0.1) is 18.3 Å². The summed E-state index contributed by atoms with van der Waals surface area (Å²) in [5, 5.41) is 12.8. The molecule has 0 aliphatic heterocycles. The molecule has 0 saturated carbocycles. The number of carbonyl (C=O) groups excluding carboxylic acids is 1. The van der Waals surface area contributed by atoms with E-state index in [9.17, 15) is 4.79 Å². The predicted molar refractivity (Wildman–Crippen MR) is 83.6 cm³/mol. The van der Waals surface area contributed by atoms with Gasteiger partial charge in [0.15, 0.2) is 6.61 Å². The summed E-state index contributed by atoms with van der Waals surface area (Å²) < 4.78 is 5.30. The number of ether oxygens (including phenoxy) is 1. The van der Waals surface area contributed by atoms with Crippen LogP contribution in [0.25, 0.3) is 0 Å². The molecule has 0 atom stereocenters. The van der Waals surface area contributed by atoms with Gasteiger partial charge >= 0.3 is 0 Å². The van der Waals surface area contributed by atoms with Gasteiger partial charge in [-0.3, -0.25) is 4.79 Å². The molecule has 0 aromatic heterocycles. The quantitative estimate of drug-likeness (QED) is 0.679. The van der Waals surface area contributed by atoms with Crippen LogP contribution in [0.4, 0.5) is 0 Å². The van der Waals surface area contributed by atoms with E-state index in [2.05, 4.69) is 10.5 Å². The maximum absolute atomic E-state index is 11.6. The summed E-state index contributed by atoms with van der Waals surface area (Å²) in [4.78, 5) is 11.6. The second-order valence-corrected chi connectivity index (χ2v) is 4.60. The Balaban J connectivity index is 1.85. The van der Waals surface area contributed by atoms with Crippen molar-refractivity contribution in [3.05, 3.63) is 65.2 Å². The third kappa shape index (κ3) is 4.46. The van der Waals surface area contributed by atoms with Gasteiger partial charge in [-0.2, -0.15) is 10.4 Å². The van der Waals surface area contributed by atoms with Crippen molar-refractivity contribution in [3.8, 4) is 11.8 Å². The number of carbonyl (C=O) groups is 1. The minimum absolute atomic E-state index is 0.205. The van der Waals surface area contributed by atoms with Crippen molar-refractivity contribution in [3.63, 3.8) is 0 Å². The van der Waals surface area contributed by atoms with Crippen LogP contribution in [-0.4, -0.2) is 18.7 Å². The first-order valence-corrected chi connectivity index (χ1v) is 6.69. The molecule has 2 aromatic carbocycles. The van der Waals surface area contributed by atoms with Crippen LogP contribution >= 0.6 is 0 Å². The highest BCUT2D eigenvalue weighted by atomic mass is 16.5. The first-order chi connectivity index (χ1) is 10.7. The number of hydrazone groups is 1. The maximum Gasteiger partial charge on any atom is 0.277 e. The summed E-state index contributed by atoms with van der Waals surface area (Å²) in [6, 6.07) is 16.5. The molecule has 0 aliphatic rings. The molecule has 5 nitrogen and oxygen atoms in total. The number of nitrogens with zero attached hydrogens (tertiary/aromatic N) is 2. The highest BCUT2D eigenvalue weighted by Gasteiger charge is 2.05. The molecule has 22 heavy (non-hydrogen) atoms. The zero-order valence-corrected chi connectivity index (χ0v) is 12.1. The summed E-state index contributed by atoms with van der Waals surface area (Å²) in [6.07, 6.45) is 1.56. The number of benzene rings is 2. The number of rotatable bonds is 5. The van der Waals surface area contributed by atoms with Crippen LogP contribution < -0.4 is 10.2 Å². The lowest BCUT2D eigenvalue weighted by molar-refractivity contribution is -0.123. The Morgan fingerprint density at radius 2 is 2.14 bits per heavy atom. The van der Waals surface area contributed by atoms with Gasteiger partial charge in [-0.15, -0.1) is 0 Å². The Hall–Kier alpha value is -3.13. The highest BCUT2D eigenvalue weighted by Crippen LogP contribution is 2.16. The molecule has 1 N–H and O–H groups in total. The molecule has 0 unspecified atom stereocenters. The van der Waals surface area contributed by atoms with Gasteiger partial charge in [-0.25, -0.2) is 5.43 Å². The fourth-order valence-corrected chi connectivity index (χ4v) is 1.79. The van der Waals surface area contributed by atoms with Gasteiger partial charge in [0, 0.05) is 0 Å². The maximum atomic E-state index is 11.6. The molecule has 0 spiro atoms. The summed E-state index contributed by atoms with van der Waals surface area (Å²) in [6.45, 7) is 1.78. The van der Waals surface area contributed by atoms with Gasteiger partial charge in [0.2, 0.25) is 0 Å². The predicted octanol–water partition coefficient (Wildman–Crippen LogP) is 2.40. The van der Waals surface area contributed by atoms with E-state index in [1.807, 2.05) is 37.3 Å². The zero-order chi connectivity index (χ0) is 15.8. The van der Waals surface area contributed by atoms with E-state index in [4.69, 9.17) is 10.00 Å². The van der Waals surface area contributed by atoms with Gasteiger partial charge in [0.05, 0.1) is 11.8 Å². The van der Waals surface area contributed by atoms with Gasteiger partial charge in [-0.05, 0) is 24.6 Å². The van der Waals surface area contributed by atoms with E-state index >= 15 is 0 Å². The number of nitrogens with one attached hydrogen (secondary N) is 1. The lowest BCUT2D eigenvalue weighted by atomic mass is 10.2. The number of aryl methyl sites for hydroxylation is 1. The number of amides is 1. The van der Waals surface area contributed by atoms with E-state index in [0.717, 1.165) is 11.1 Å². The van der Waals surface area contributed by atoms with Crippen LogP contribution in [-0.2, 0) is 4.79 Å². The van der Waals surface area contributed by atoms with Crippen molar-refractivity contribution in [2.45, 2.75) is 6.92 Å². The van der Waals surface area contributed by atoms with E-state index < -0.39 is 5.91 Å². The standard InChI is InChI=1S/C17H15N3O2/c1-13-5-4-6-14(9-13)11-19-20-17(21)12-22-16-8-3-2-7-15(16)10-18/h2-9,11H,12H2,1H3,(H,20,21)/b19-11+.